The SMILES string of the molecule is C=CCOc1ccc(/C=N/NC(=O)c2cc3cc([N+](=O)[O-])ccc3o2)cc1. The predicted molar refractivity (Wildman–Crippen MR) is 100 cm³/mol. The summed E-state index contributed by atoms with van der Waals surface area (Å²) in [5.41, 5.74) is 3.42. The molecule has 27 heavy (non-hydrogen) atoms. The second-order valence-corrected chi connectivity index (χ2v) is 5.46. The van der Waals surface area contributed by atoms with E-state index in [1.54, 1.807) is 30.3 Å². The first kappa shape index (κ1) is 17.9. The molecule has 0 fully saturated rings. The number of hydrogen-bond acceptors (Lipinski definition) is 6. The number of furan rings is 1. The van der Waals surface area contributed by atoms with Gasteiger partial charge >= 0.3 is 5.91 Å². The van der Waals surface area contributed by atoms with Gasteiger partial charge in [-0.25, -0.2) is 5.43 Å². The van der Waals surface area contributed by atoms with Gasteiger partial charge in [0.2, 0.25) is 0 Å². The summed E-state index contributed by atoms with van der Waals surface area (Å²) in [6, 6.07) is 12.7. The highest BCUT2D eigenvalue weighted by Crippen LogP contribution is 2.24. The molecule has 1 heterocycles. The van der Waals surface area contributed by atoms with E-state index in [0.717, 1.165) is 5.56 Å². The van der Waals surface area contributed by atoms with E-state index in [1.165, 1.54) is 30.5 Å². The Morgan fingerprint density at radius 2 is 2.04 bits per heavy atom. The smallest absolute Gasteiger partial charge is 0.307 e. The van der Waals surface area contributed by atoms with Crippen LogP contribution in [0.4, 0.5) is 5.69 Å². The number of carbonyl (C=O) groups excluding carboxylic acids is 1. The number of nitro benzene ring substituents is 1. The fourth-order valence-corrected chi connectivity index (χ4v) is 2.28. The minimum Gasteiger partial charge on any atom is -0.490 e. The number of amides is 1. The summed E-state index contributed by atoms with van der Waals surface area (Å²) in [7, 11) is 0. The van der Waals surface area contributed by atoms with Gasteiger partial charge in [-0.15, -0.1) is 0 Å². The Bertz CT molecular complexity index is 1020. The average molecular weight is 365 g/mol. The average Bonchev–Trinajstić information content (AvgIpc) is 3.10. The molecule has 0 radical (unpaired) electrons. The Kier molecular flexibility index (Phi) is 5.27. The number of non-ortho nitro benzene ring substituents is 1. The van der Waals surface area contributed by atoms with Gasteiger partial charge in [-0.2, -0.15) is 5.10 Å². The summed E-state index contributed by atoms with van der Waals surface area (Å²) in [4.78, 5) is 22.4. The molecule has 0 atom stereocenters. The molecular weight excluding hydrogens is 350 g/mol. The first-order valence-corrected chi connectivity index (χ1v) is 7.92. The molecule has 8 nitrogen and oxygen atoms in total. The van der Waals surface area contributed by atoms with Crippen LogP contribution in [0.2, 0.25) is 0 Å². The molecule has 0 unspecified atom stereocenters. The Hall–Kier alpha value is -3.94. The van der Waals surface area contributed by atoms with Gasteiger partial charge in [0.25, 0.3) is 5.69 Å². The maximum absolute atomic E-state index is 12.1. The highest BCUT2D eigenvalue weighted by molar-refractivity contribution is 5.97. The number of hydrogen-bond donors (Lipinski definition) is 1. The van der Waals surface area contributed by atoms with Crippen molar-refractivity contribution < 1.29 is 18.9 Å². The van der Waals surface area contributed by atoms with Crippen molar-refractivity contribution in [2.45, 2.75) is 0 Å². The van der Waals surface area contributed by atoms with Crippen LogP contribution in [0.3, 0.4) is 0 Å². The van der Waals surface area contributed by atoms with Crippen molar-refractivity contribution in [2.24, 2.45) is 5.10 Å². The molecule has 0 aliphatic carbocycles. The Labute approximate surface area is 153 Å². The largest absolute Gasteiger partial charge is 0.490 e. The van der Waals surface area contributed by atoms with Gasteiger partial charge in [0.05, 0.1) is 11.1 Å². The van der Waals surface area contributed by atoms with Crippen molar-refractivity contribution in [1.82, 2.24) is 5.43 Å². The number of benzene rings is 2. The van der Waals surface area contributed by atoms with Crippen LogP contribution in [0.1, 0.15) is 16.1 Å². The highest BCUT2D eigenvalue weighted by Gasteiger charge is 2.14. The number of nitro groups is 1. The summed E-state index contributed by atoms with van der Waals surface area (Å²) < 4.78 is 10.8. The van der Waals surface area contributed by atoms with Crippen LogP contribution in [0.25, 0.3) is 11.0 Å². The number of nitrogens with zero attached hydrogens (tertiary/aromatic N) is 2. The van der Waals surface area contributed by atoms with E-state index in [2.05, 4.69) is 17.1 Å². The van der Waals surface area contributed by atoms with E-state index >= 15 is 0 Å². The first-order chi connectivity index (χ1) is 13.1. The van der Waals surface area contributed by atoms with Gasteiger partial charge in [0.15, 0.2) is 5.76 Å². The Morgan fingerprint density at radius 3 is 2.74 bits per heavy atom. The summed E-state index contributed by atoms with van der Waals surface area (Å²) in [5.74, 6) is 0.152. The summed E-state index contributed by atoms with van der Waals surface area (Å²) >= 11 is 0. The van der Waals surface area contributed by atoms with Gasteiger partial charge in [0.1, 0.15) is 17.9 Å². The molecule has 1 aromatic heterocycles. The molecule has 0 bridgehead atoms. The van der Waals surface area contributed by atoms with Crippen LogP contribution < -0.4 is 10.2 Å². The molecule has 8 heteroatoms. The lowest BCUT2D eigenvalue weighted by molar-refractivity contribution is -0.384. The van der Waals surface area contributed by atoms with E-state index in [1.807, 2.05) is 0 Å². The van der Waals surface area contributed by atoms with Gasteiger partial charge in [-0.1, -0.05) is 12.7 Å². The van der Waals surface area contributed by atoms with Gasteiger partial charge < -0.3 is 9.15 Å². The van der Waals surface area contributed by atoms with Gasteiger partial charge in [-0.05, 0) is 42.0 Å². The van der Waals surface area contributed by atoms with Crippen molar-refractivity contribution in [2.75, 3.05) is 6.61 Å². The molecule has 3 rings (SSSR count). The molecule has 3 aromatic rings. The predicted octanol–water partition coefficient (Wildman–Crippen LogP) is 3.67. The summed E-state index contributed by atoms with van der Waals surface area (Å²) in [6.45, 7) is 4.00. The van der Waals surface area contributed by atoms with E-state index in [9.17, 15) is 14.9 Å². The third-order valence-corrected chi connectivity index (χ3v) is 3.56. The van der Waals surface area contributed by atoms with Crippen molar-refractivity contribution in [1.29, 1.82) is 0 Å². The number of hydrazone groups is 1. The normalized spacial score (nSPS) is 10.8. The van der Waals surface area contributed by atoms with Crippen molar-refractivity contribution >= 4 is 28.8 Å². The highest BCUT2D eigenvalue weighted by atomic mass is 16.6. The standard InChI is InChI=1S/C19H15N3O5/c1-2-9-26-16-6-3-13(4-7-16)12-20-21-19(23)18-11-14-10-15(22(24)25)5-8-17(14)27-18/h2-8,10-12H,1,9H2,(H,21,23)/b20-12+. The zero-order valence-corrected chi connectivity index (χ0v) is 14.1. The molecule has 136 valence electrons. The zero-order valence-electron chi connectivity index (χ0n) is 14.1. The van der Waals surface area contributed by atoms with Crippen LogP contribution in [0.5, 0.6) is 5.75 Å². The van der Waals surface area contributed by atoms with Crippen LogP contribution in [0, 0.1) is 10.1 Å². The number of nitrogens with one attached hydrogen (secondary N) is 1. The number of carbonyl (C=O) groups is 1. The minimum atomic E-state index is -0.559. The monoisotopic (exact) mass is 365 g/mol. The Morgan fingerprint density at radius 1 is 1.26 bits per heavy atom. The number of ether oxygens (including phenoxy) is 1. The first-order valence-electron chi connectivity index (χ1n) is 7.92. The van der Waals surface area contributed by atoms with Crippen molar-refractivity contribution in [3.63, 3.8) is 0 Å². The van der Waals surface area contributed by atoms with Crippen LogP contribution in [0.15, 0.2) is 70.7 Å². The third-order valence-electron chi connectivity index (χ3n) is 3.56. The number of fused-ring (bicyclic) bond motifs is 1. The molecule has 1 amide bonds. The lowest BCUT2D eigenvalue weighted by Gasteiger charge is -2.02. The molecule has 0 saturated carbocycles. The van der Waals surface area contributed by atoms with Crippen LogP contribution in [-0.2, 0) is 0 Å². The van der Waals surface area contributed by atoms with E-state index in [-0.39, 0.29) is 11.4 Å². The fraction of sp³-hybridized carbons (Fsp3) is 0.0526. The molecule has 2 aromatic carbocycles. The molecular formula is C19H15N3O5. The second-order valence-electron chi connectivity index (χ2n) is 5.46. The molecule has 0 saturated heterocycles. The maximum Gasteiger partial charge on any atom is 0.307 e. The lowest BCUT2D eigenvalue weighted by Crippen LogP contribution is -2.16. The van der Waals surface area contributed by atoms with Crippen LogP contribution in [-0.4, -0.2) is 23.7 Å². The maximum atomic E-state index is 12.1. The van der Waals surface area contributed by atoms with Gasteiger partial charge in [0, 0.05) is 17.5 Å². The summed E-state index contributed by atoms with van der Waals surface area (Å²) in [5, 5.41) is 15.1. The van der Waals surface area contributed by atoms with Crippen molar-refractivity contribution in [3.8, 4) is 5.75 Å². The third kappa shape index (κ3) is 4.37. The minimum absolute atomic E-state index is 0.0100. The molecule has 0 spiro atoms. The van der Waals surface area contributed by atoms with E-state index < -0.39 is 10.8 Å². The topological polar surface area (TPSA) is 107 Å². The molecule has 0 aliphatic rings. The Balaban J connectivity index is 1.64. The summed E-state index contributed by atoms with van der Waals surface area (Å²) in [6.07, 6.45) is 3.13. The number of rotatable bonds is 7. The van der Waals surface area contributed by atoms with Crippen LogP contribution >= 0.6 is 0 Å². The van der Waals surface area contributed by atoms with Crippen molar-refractivity contribution in [3.05, 3.63) is 82.6 Å². The fourth-order valence-electron chi connectivity index (χ4n) is 2.28. The lowest BCUT2D eigenvalue weighted by atomic mass is 10.2. The van der Waals surface area contributed by atoms with E-state index in [0.29, 0.717) is 23.3 Å². The van der Waals surface area contributed by atoms with Gasteiger partial charge in [-0.3, -0.25) is 14.9 Å². The zero-order chi connectivity index (χ0) is 19.2. The molecule has 0 aliphatic heterocycles. The quantitative estimate of drug-likeness (QED) is 0.297. The van der Waals surface area contributed by atoms with E-state index in [4.69, 9.17) is 9.15 Å². The molecule has 1 N–H and O–H groups in total. The second kappa shape index (κ2) is 7.96.